The van der Waals surface area contributed by atoms with Crippen molar-refractivity contribution in [1.82, 2.24) is 10.6 Å². The molecular weight excluding hydrogens is 853 g/mol. The van der Waals surface area contributed by atoms with Gasteiger partial charge in [-0.3, -0.25) is 4.79 Å². The number of carbonyl (C=O) groups excluding carboxylic acids is 1. The summed E-state index contributed by atoms with van der Waals surface area (Å²) >= 11 is 0. The Morgan fingerprint density at radius 3 is 2.68 bits per heavy atom. The second kappa shape index (κ2) is 19.5. The zero-order valence-electron chi connectivity index (χ0n) is 39.7. The molecule has 3 aliphatic carbocycles. The van der Waals surface area contributed by atoms with Crippen LogP contribution >= 0.6 is 0 Å². The number of hydrogen-bond acceptors (Lipinski definition) is 11. The van der Waals surface area contributed by atoms with Crippen molar-refractivity contribution in [3.05, 3.63) is 117 Å². The van der Waals surface area contributed by atoms with Gasteiger partial charge in [-0.05, 0) is 134 Å². The third kappa shape index (κ3) is 8.89. The maximum atomic E-state index is 12.6. The number of esters is 1. The summed E-state index contributed by atoms with van der Waals surface area (Å²) in [7, 11) is 1.66. The molecule has 2 saturated carbocycles. The Morgan fingerprint density at radius 2 is 1.85 bits per heavy atom. The molecule has 1 spiro atoms. The number of anilines is 1. The fourth-order valence-corrected chi connectivity index (χ4v) is 12.6. The molecule has 10 rings (SSSR count). The van der Waals surface area contributed by atoms with Crippen molar-refractivity contribution in [3.8, 4) is 51.7 Å². The number of phenols is 2. The van der Waals surface area contributed by atoms with E-state index < -0.39 is 12.3 Å². The van der Waals surface area contributed by atoms with Gasteiger partial charge in [0, 0.05) is 71.9 Å². The number of ether oxygens (including phenoxy) is 4. The van der Waals surface area contributed by atoms with E-state index in [1.54, 1.807) is 19.2 Å². The van der Waals surface area contributed by atoms with E-state index >= 15 is 0 Å². The fraction of sp³-hybridized carbons (Fsp3) is 0.456. The van der Waals surface area contributed by atoms with E-state index in [0.717, 1.165) is 100 Å². The molecular formula is C57H66N4O7. The van der Waals surface area contributed by atoms with Crippen LogP contribution in [-0.2, 0) is 34.2 Å². The van der Waals surface area contributed by atoms with Crippen LogP contribution in [0.4, 0.5) is 5.69 Å². The largest absolute Gasteiger partial charge is 0.508 e. The molecule has 0 amide bonds. The standard InChI is InChI=1S/C57H66N4O7/c1-4-59-47-15-9-8-11-35(47)17-18-41-37-23-24-57(31-37)32-38-27-40(63)29-51(65-3)53(38)44-20-19-43-46(33-67-34(2)62)55(68-56(43)54(44)57)45-30-50(66-26-25-60-39-13-6-5-7-14-39)49(64)28-36(45)12-10-16-48-42(41)21-22-52(58)61-48/h8-9,11,15,19-22,27-30,37,39,41,46,52,55,59-61,63-64H,4-7,12-14,17-18,23-26,31-33,58H2,1-3H3. The lowest BCUT2D eigenvalue weighted by Gasteiger charge is -2.40. The van der Waals surface area contributed by atoms with E-state index in [0.29, 0.717) is 43.5 Å². The molecule has 2 fully saturated rings. The molecule has 0 saturated heterocycles. The molecule has 0 radical (unpaired) electrons. The molecule has 3 heterocycles. The molecule has 68 heavy (non-hydrogen) atoms. The number of nitrogens with one attached hydrogen (secondary N) is 3. The lowest BCUT2D eigenvalue weighted by molar-refractivity contribution is -0.141. The van der Waals surface area contributed by atoms with Gasteiger partial charge in [0.1, 0.15) is 36.6 Å². The third-order valence-corrected chi connectivity index (χ3v) is 15.6. The number of aryl methyl sites for hydroxylation is 1. The van der Waals surface area contributed by atoms with Crippen LogP contribution in [0.5, 0.6) is 28.7 Å². The number of hydrogen-bond donors (Lipinski definition) is 6. The van der Waals surface area contributed by atoms with Crippen molar-refractivity contribution >= 4 is 11.7 Å². The van der Waals surface area contributed by atoms with Crippen molar-refractivity contribution in [2.75, 3.05) is 38.7 Å². The number of phenolic OH excluding ortho intramolecular Hbond substituents is 2. The number of dihydropyridines is 1. The van der Waals surface area contributed by atoms with Gasteiger partial charge in [0.25, 0.3) is 0 Å². The van der Waals surface area contributed by atoms with Crippen LogP contribution in [0.1, 0.15) is 117 Å². The summed E-state index contributed by atoms with van der Waals surface area (Å²) in [5.41, 5.74) is 17.5. The van der Waals surface area contributed by atoms with Gasteiger partial charge in [0.05, 0.1) is 24.9 Å². The Kier molecular flexibility index (Phi) is 13.1. The predicted molar refractivity (Wildman–Crippen MR) is 265 cm³/mol. The van der Waals surface area contributed by atoms with Crippen molar-refractivity contribution < 1.29 is 34.0 Å². The molecule has 6 aliphatic rings. The van der Waals surface area contributed by atoms with Crippen LogP contribution in [0.25, 0.3) is 11.1 Å². The summed E-state index contributed by atoms with van der Waals surface area (Å²) in [6, 6.07) is 20.7. The number of methoxy groups -OCH3 is 1. The number of nitrogens with two attached hydrogens (primary N) is 1. The lowest BCUT2D eigenvalue weighted by Crippen LogP contribution is -2.38. The number of allylic oxidation sites excluding steroid dienone is 3. The minimum atomic E-state index is -0.595. The highest BCUT2D eigenvalue weighted by Gasteiger charge is 2.52. The number of rotatable bonds is 13. The van der Waals surface area contributed by atoms with Crippen LogP contribution in [0, 0.1) is 23.7 Å². The minimum Gasteiger partial charge on any atom is -0.508 e. The van der Waals surface area contributed by atoms with E-state index in [1.165, 1.54) is 44.6 Å². The van der Waals surface area contributed by atoms with Gasteiger partial charge in [-0.2, -0.15) is 0 Å². The number of aromatic hydroxyl groups is 2. The van der Waals surface area contributed by atoms with Gasteiger partial charge in [0.15, 0.2) is 11.5 Å². The number of carbonyl (C=O) groups is 1. The Hall–Kier alpha value is -6.09. The van der Waals surface area contributed by atoms with Crippen molar-refractivity contribution in [1.29, 1.82) is 0 Å². The zero-order valence-corrected chi connectivity index (χ0v) is 39.7. The number of benzene rings is 4. The number of para-hydroxylation sites is 1. The van der Waals surface area contributed by atoms with Gasteiger partial charge in [-0.15, -0.1) is 0 Å². The first-order chi connectivity index (χ1) is 33.1. The fourth-order valence-electron chi connectivity index (χ4n) is 12.6. The maximum Gasteiger partial charge on any atom is 0.302 e. The smallest absolute Gasteiger partial charge is 0.302 e. The van der Waals surface area contributed by atoms with Crippen molar-refractivity contribution in [2.45, 2.75) is 121 Å². The highest BCUT2D eigenvalue weighted by molar-refractivity contribution is 5.84. The van der Waals surface area contributed by atoms with Gasteiger partial charge in [0.2, 0.25) is 0 Å². The Bertz CT molecular complexity index is 2690. The van der Waals surface area contributed by atoms with Gasteiger partial charge < -0.3 is 50.8 Å². The Morgan fingerprint density at radius 1 is 1.00 bits per heavy atom. The molecule has 4 bridgehead atoms. The highest BCUT2D eigenvalue weighted by atomic mass is 16.5. The molecule has 0 aromatic heterocycles. The second-order valence-electron chi connectivity index (χ2n) is 19.8. The van der Waals surface area contributed by atoms with Crippen LogP contribution in [0.15, 0.2) is 84.1 Å². The molecule has 4 aromatic carbocycles. The summed E-state index contributed by atoms with van der Waals surface area (Å²) in [5, 5.41) is 33.6. The topological polar surface area (TPSA) is 157 Å². The van der Waals surface area contributed by atoms with Gasteiger partial charge in [-0.25, -0.2) is 0 Å². The average molecular weight is 919 g/mol. The maximum absolute atomic E-state index is 12.6. The molecule has 11 nitrogen and oxygen atoms in total. The van der Waals surface area contributed by atoms with E-state index in [2.05, 4.69) is 77.2 Å². The second-order valence-corrected chi connectivity index (χ2v) is 19.8. The summed E-state index contributed by atoms with van der Waals surface area (Å²) < 4.78 is 25.8. The van der Waals surface area contributed by atoms with Crippen LogP contribution in [0.2, 0.25) is 0 Å². The normalized spacial score (nSPS) is 24.4. The van der Waals surface area contributed by atoms with Crippen LogP contribution in [0.3, 0.4) is 0 Å². The van der Waals surface area contributed by atoms with Gasteiger partial charge in [-0.1, -0.05) is 61.6 Å². The van der Waals surface area contributed by atoms with E-state index in [9.17, 15) is 15.0 Å². The monoisotopic (exact) mass is 918 g/mol. The molecule has 4 aromatic rings. The molecule has 356 valence electrons. The van der Waals surface area contributed by atoms with E-state index in [-0.39, 0.29) is 47.2 Å². The quantitative estimate of drug-likeness (QED) is 0.0432. The summed E-state index contributed by atoms with van der Waals surface area (Å²) in [6.45, 7) is 5.56. The molecule has 6 unspecified atom stereocenters. The summed E-state index contributed by atoms with van der Waals surface area (Å²) in [6.07, 6.45) is 14.9. The first-order valence-electron chi connectivity index (χ1n) is 25.0. The van der Waals surface area contributed by atoms with Crippen LogP contribution in [-0.4, -0.2) is 61.8 Å². The van der Waals surface area contributed by atoms with E-state index in [4.69, 9.17) is 24.7 Å². The molecule has 7 N–H and O–H groups in total. The lowest BCUT2D eigenvalue weighted by atomic mass is 9.64. The minimum absolute atomic E-state index is 0.0346. The summed E-state index contributed by atoms with van der Waals surface area (Å²) in [4.78, 5) is 12.6. The first kappa shape index (κ1) is 45.7. The molecule has 11 heteroatoms. The molecule has 6 atom stereocenters. The zero-order chi connectivity index (χ0) is 46.9. The van der Waals surface area contributed by atoms with Crippen molar-refractivity contribution in [3.63, 3.8) is 0 Å². The molecule has 3 aliphatic heterocycles. The average Bonchev–Trinajstić information content (AvgIpc) is 3.92. The number of fused-ring (bicyclic) bond motifs is 6. The predicted octanol–water partition coefficient (Wildman–Crippen LogP) is 9.39. The van der Waals surface area contributed by atoms with Crippen LogP contribution < -0.4 is 35.9 Å². The highest BCUT2D eigenvalue weighted by Crippen LogP contribution is 2.63. The van der Waals surface area contributed by atoms with Crippen molar-refractivity contribution in [2.24, 2.45) is 17.6 Å². The Balaban J connectivity index is 1.14. The van der Waals surface area contributed by atoms with Gasteiger partial charge >= 0.3 is 5.97 Å². The van der Waals surface area contributed by atoms with E-state index in [1.807, 2.05) is 18.2 Å². The first-order valence-corrected chi connectivity index (χ1v) is 25.0. The summed E-state index contributed by atoms with van der Waals surface area (Å²) in [5.74, 6) is 8.74. The third-order valence-electron chi connectivity index (χ3n) is 15.6. The SMILES string of the molecule is CCNc1ccccc1CCC1C2=C(C#CCc3cc(O)c(OCCNC4CCCCC4)cc3C3Oc4c(ccc5c4C4(CCC1C4)Cc1cc(O)cc(OC)c1-5)C3COC(C)=O)NC(N)C=C2. The Labute approximate surface area is 400 Å².